The van der Waals surface area contributed by atoms with Gasteiger partial charge >= 0.3 is 0 Å². The molecule has 0 saturated carbocycles. The number of aromatic nitrogens is 3. The minimum absolute atomic E-state index is 0.263. The number of rotatable bonds is 2. The summed E-state index contributed by atoms with van der Waals surface area (Å²) in [6.45, 7) is 1.88. The molecule has 3 rings (SSSR count). The van der Waals surface area contributed by atoms with E-state index in [-0.39, 0.29) is 5.95 Å². The molecule has 0 spiro atoms. The molecule has 1 aromatic carbocycles. The van der Waals surface area contributed by atoms with E-state index in [0.29, 0.717) is 5.82 Å². The Morgan fingerprint density at radius 3 is 2.78 bits per heavy atom. The van der Waals surface area contributed by atoms with Crippen LogP contribution in [0.1, 0.15) is 5.69 Å². The Balaban J connectivity index is 1.96. The molecule has 18 heavy (non-hydrogen) atoms. The van der Waals surface area contributed by atoms with Crippen LogP contribution in [0.25, 0.3) is 10.2 Å². The number of benzene rings is 1. The lowest BCUT2D eigenvalue weighted by molar-refractivity contribution is 1.12. The van der Waals surface area contributed by atoms with Crippen molar-refractivity contribution in [1.29, 1.82) is 0 Å². The molecule has 0 unspecified atom stereocenters. The second-order valence-electron chi connectivity index (χ2n) is 3.86. The summed E-state index contributed by atoms with van der Waals surface area (Å²) in [5, 5.41) is 3.95. The average Bonchev–Trinajstić information content (AvgIpc) is 2.69. The number of nitrogens with zero attached hydrogens (tertiary/aromatic N) is 3. The third-order valence-corrected chi connectivity index (χ3v) is 3.35. The van der Waals surface area contributed by atoms with Crippen molar-refractivity contribution in [2.75, 3.05) is 11.1 Å². The molecule has 3 N–H and O–H groups in total. The first-order valence-corrected chi connectivity index (χ1v) is 6.26. The number of hydrogen-bond donors (Lipinski definition) is 2. The van der Waals surface area contributed by atoms with Gasteiger partial charge in [0.1, 0.15) is 5.82 Å². The molecule has 0 atom stereocenters. The lowest BCUT2D eigenvalue weighted by atomic mass is 10.3. The van der Waals surface area contributed by atoms with Crippen LogP contribution < -0.4 is 11.1 Å². The van der Waals surface area contributed by atoms with Crippen LogP contribution >= 0.6 is 11.3 Å². The van der Waals surface area contributed by atoms with E-state index in [1.54, 1.807) is 11.3 Å². The predicted molar refractivity (Wildman–Crippen MR) is 74.1 cm³/mol. The van der Waals surface area contributed by atoms with Crippen LogP contribution in [0.3, 0.4) is 0 Å². The largest absolute Gasteiger partial charge is 0.368 e. The fourth-order valence-corrected chi connectivity index (χ4v) is 2.56. The molecule has 0 bridgehead atoms. The van der Waals surface area contributed by atoms with Gasteiger partial charge in [-0.25, -0.2) is 9.97 Å². The van der Waals surface area contributed by atoms with Crippen LogP contribution in [0, 0.1) is 6.92 Å². The van der Waals surface area contributed by atoms with Crippen molar-refractivity contribution < 1.29 is 0 Å². The average molecular weight is 257 g/mol. The van der Waals surface area contributed by atoms with E-state index in [2.05, 4.69) is 20.3 Å². The van der Waals surface area contributed by atoms with Gasteiger partial charge in [0, 0.05) is 11.8 Å². The molecular weight excluding hydrogens is 246 g/mol. The van der Waals surface area contributed by atoms with E-state index < -0.39 is 0 Å². The van der Waals surface area contributed by atoms with Crippen LogP contribution in [-0.4, -0.2) is 15.0 Å². The second-order valence-corrected chi connectivity index (χ2v) is 4.90. The molecule has 0 aliphatic rings. The van der Waals surface area contributed by atoms with Crippen molar-refractivity contribution in [2.24, 2.45) is 0 Å². The summed E-state index contributed by atoms with van der Waals surface area (Å²) in [6, 6.07) is 9.83. The number of nitrogen functional groups attached to an aromatic ring is 1. The molecule has 0 amide bonds. The summed E-state index contributed by atoms with van der Waals surface area (Å²) in [5.41, 5.74) is 7.41. The van der Waals surface area contributed by atoms with Gasteiger partial charge in [-0.05, 0) is 19.1 Å². The summed E-state index contributed by atoms with van der Waals surface area (Å²) in [5.74, 6) is 0.928. The Morgan fingerprint density at radius 2 is 2.00 bits per heavy atom. The first kappa shape index (κ1) is 10.9. The number of anilines is 3. The summed E-state index contributed by atoms with van der Waals surface area (Å²) in [7, 11) is 0. The van der Waals surface area contributed by atoms with Gasteiger partial charge in [0.25, 0.3) is 0 Å². The fraction of sp³-hybridized carbons (Fsp3) is 0.0833. The minimum atomic E-state index is 0.263. The van der Waals surface area contributed by atoms with Gasteiger partial charge in [-0.2, -0.15) is 4.98 Å². The van der Waals surface area contributed by atoms with Crippen molar-refractivity contribution in [3.8, 4) is 0 Å². The molecule has 5 nitrogen and oxygen atoms in total. The number of para-hydroxylation sites is 1. The molecule has 3 aromatic rings. The Kier molecular flexibility index (Phi) is 2.56. The van der Waals surface area contributed by atoms with Crippen LogP contribution in [0.5, 0.6) is 0 Å². The zero-order valence-electron chi connectivity index (χ0n) is 9.71. The quantitative estimate of drug-likeness (QED) is 0.738. The summed E-state index contributed by atoms with van der Waals surface area (Å²) in [6.07, 6.45) is 0. The van der Waals surface area contributed by atoms with E-state index in [1.165, 1.54) is 0 Å². The van der Waals surface area contributed by atoms with Crippen molar-refractivity contribution in [3.05, 3.63) is 36.0 Å². The normalized spacial score (nSPS) is 10.7. The Bertz CT molecular complexity index is 653. The molecule has 90 valence electrons. The summed E-state index contributed by atoms with van der Waals surface area (Å²) >= 11 is 1.58. The number of nitrogens with one attached hydrogen (secondary N) is 1. The predicted octanol–water partition coefficient (Wildman–Crippen LogP) is 2.72. The number of thiazole rings is 1. The maximum atomic E-state index is 5.61. The van der Waals surface area contributed by atoms with Crippen LogP contribution in [0.2, 0.25) is 0 Å². The van der Waals surface area contributed by atoms with E-state index in [9.17, 15) is 0 Å². The topological polar surface area (TPSA) is 76.7 Å². The Morgan fingerprint density at radius 1 is 1.17 bits per heavy atom. The van der Waals surface area contributed by atoms with Crippen LogP contribution in [-0.2, 0) is 0 Å². The van der Waals surface area contributed by atoms with Gasteiger partial charge in [-0.1, -0.05) is 23.5 Å². The lowest BCUT2D eigenvalue weighted by Crippen LogP contribution is -2.00. The molecule has 0 aliphatic heterocycles. The van der Waals surface area contributed by atoms with Crippen molar-refractivity contribution in [3.63, 3.8) is 0 Å². The van der Waals surface area contributed by atoms with Gasteiger partial charge in [-0.15, -0.1) is 0 Å². The molecule has 2 heterocycles. The molecule has 0 saturated heterocycles. The van der Waals surface area contributed by atoms with Gasteiger partial charge in [0.2, 0.25) is 5.95 Å². The van der Waals surface area contributed by atoms with E-state index in [1.807, 2.05) is 37.3 Å². The van der Waals surface area contributed by atoms with Gasteiger partial charge in [-0.3, -0.25) is 0 Å². The van der Waals surface area contributed by atoms with Crippen molar-refractivity contribution in [2.45, 2.75) is 6.92 Å². The van der Waals surface area contributed by atoms with Crippen LogP contribution in [0.15, 0.2) is 30.3 Å². The number of hydrogen-bond acceptors (Lipinski definition) is 6. The smallest absolute Gasteiger partial charge is 0.222 e. The van der Waals surface area contributed by atoms with E-state index in [4.69, 9.17) is 5.73 Å². The minimum Gasteiger partial charge on any atom is -0.368 e. The standard InChI is InChI=1S/C12H11N5S/c1-7-6-10(16-11(13)14-7)17-12-15-8-4-2-3-5-9(8)18-12/h2-6H,1H3,(H3,13,14,15,16,17). The van der Waals surface area contributed by atoms with Crippen molar-refractivity contribution >= 4 is 38.5 Å². The fourth-order valence-electron chi connectivity index (χ4n) is 1.69. The highest BCUT2D eigenvalue weighted by molar-refractivity contribution is 7.22. The summed E-state index contributed by atoms with van der Waals surface area (Å²) in [4.78, 5) is 12.6. The monoisotopic (exact) mass is 257 g/mol. The Labute approximate surface area is 108 Å². The zero-order valence-corrected chi connectivity index (χ0v) is 10.5. The summed E-state index contributed by atoms with van der Waals surface area (Å²) < 4.78 is 1.14. The van der Waals surface area contributed by atoms with E-state index >= 15 is 0 Å². The number of aryl methyl sites for hydroxylation is 1. The number of fused-ring (bicyclic) bond motifs is 1. The maximum absolute atomic E-state index is 5.61. The maximum Gasteiger partial charge on any atom is 0.222 e. The lowest BCUT2D eigenvalue weighted by Gasteiger charge is -2.02. The van der Waals surface area contributed by atoms with Gasteiger partial charge in [0.05, 0.1) is 10.2 Å². The molecule has 6 heteroatoms. The van der Waals surface area contributed by atoms with E-state index in [0.717, 1.165) is 21.0 Å². The third-order valence-electron chi connectivity index (χ3n) is 2.40. The third kappa shape index (κ3) is 2.10. The molecule has 0 radical (unpaired) electrons. The molecule has 0 aliphatic carbocycles. The highest BCUT2D eigenvalue weighted by atomic mass is 32.1. The highest BCUT2D eigenvalue weighted by Gasteiger charge is 2.05. The molecular formula is C12H11N5S. The van der Waals surface area contributed by atoms with Crippen molar-refractivity contribution in [1.82, 2.24) is 15.0 Å². The zero-order chi connectivity index (χ0) is 12.5. The Hall–Kier alpha value is -2.21. The first-order chi connectivity index (χ1) is 8.70. The number of nitrogens with two attached hydrogens (primary N) is 1. The molecule has 0 fully saturated rings. The van der Waals surface area contributed by atoms with Crippen LogP contribution in [0.4, 0.5) is 16.9 Å². The highest BCUT2D eigenvalue weighted by Crippen LogP contribution is 2.27. The SMILES string of the molecule is Cc1cc(Nc2nc3ccccc3s2)nc(N)n1. The first-order valence-electron chi connectivity index (χ1n) is 5.44. The molecule has 2 aromatic heterocycles. The van der Waals surface area contributed by atoms with Gasteiger partial charge in [0.15, 0.2) is 5.13 Å². The van der Waals surface area contributed by atoms with Gasteiger partial charge < -0.3 is 11.1 Å². The second kappa shape index (κ2) is 4.23.